The van der Waals surface area contributed by atoms with Gasteiger partial charge < -0.3 is 5.32 Å². The molecule has 0 aliphatic heterocycles. The minimum Gasteiger partial charge on any atom is -0.365 e. The van der Waals surface area contributed by atoms with Crippen molar-refractivity contribution in [2.24, 2.45) is 0 Å². The molecule has 0 aliphatic rings. The van der Waals surface area contributed by atoms with Crippen LogP contribution in [0.15, 0.2) is 48.8 Å². The van der Waals surface area contributed by atoms with E-state index in [2.05, 4.69) is 15.3 Å². The predicted octanol–water partition coefficient (Wildman–Crippen LogP) is 3.44. The fourth-order valence-electron chi connectivity index (χ4n) is 2.41. The molecule has 0 unspecified atom stereocenters. The smallest absolute Gasteiger partial charge is 0.151 e. The maximum absolute atomic E-state index is 11.3. The molecule has 5 nitrogen and oxygen atoms in total. The van der Waals surface area contributed by atoms with Gasteiger partial charge in [-0.15, -0.1) is 0 Å². The molecule has 7 heteroatoms. The van der Waals surface area contributed by atoms with Crippen molar-refractivity contribution in [2.75, 3.05) is 11.6 Å². The van der Waals surface area contributed by atoms with Crippen LogP contribution < -0.4 is 5.32 Å². The first-order chi connectivity index (χ1) is 11.4. The summed E-state index contributed by atoms with van der Waals surface area (Å²) in [5, 5.41) is 4.81. The monoisotopic (exact) mass is 361 g/mol. The number of rotatable bonds is 5. The number of benzene rings is 2. The van der Waals surface area contributed by atoms with Crippen LogP contribution in [0.2, 0.25) is 5.02 Å². The summed E-state index contributed by atoms with van der Waals surface area (Å²) in [7, 11) is -3.02. The molecule has 0 saturated heterocycles. The van der Waals surface area contributed by atoms with Gasteiger partial charge in [0.2, 0.25) is 0 Å². The van der Waals surface area contributed by atoms with Crippen molar-refractivity contribution in [3.8, 4) is 0 Å². The molecule has 2 aromatic carbocycles. The van der Waals surface area contributed by atoms with E-state index in [0.29, 0.717) is 11.6 Å². The molecule has 0 saturated carbocycles. The lowest BCUT2D eigenvalue weighted by Crippen LogP contribution is -2.04. The molecule has 0 bridgehead atoms. The van der Waals surface area contributed by atoms with E-state index in [9.17, 15) is 8.42 Å². The molecule has 0 atom stereocenters. The lowest BCUT2D eigenvalue weighted by atomic mass is 10.1. The number of aromatic nitrogens is 2. The Kier molecular flexibility index (Phi) is 4.69. The fourth-order valence-corrected chi connectivity index (χ4v) is 3.38. The van der Waals surface area contributed by atoms with E-state index in [4.69, 9.17) is 11.6 Å². The summed E-state index contributed by atoms with van der Waals surface area (Å²) < 4.78 is 22.6. The zero-order chi connectivity index (χ0) is 17.2. The third-order valence-electron chi connectivity index (χ3n) is 3.51. The molecule has 3 rings (SSSR count). The van der Waals surface area contributed by atoms with Gasteiger partial charge in [-0.1, -0.05) is 35.9 Å². The molecular formula is C17H16ClN3O2S. The van der Waals surface area contributed by atoms with E-state index >= 15 is 0 Å². The molecule has 24 heavy (non-hydrogen) atoms. The van der Waals surface area contributed by atoms with Gasteiger partial charge in [-0.3, -0.25) is 0 Å². The van der Waals surface area contributed by atoms with E-state index in [-0.39, 0.29) is 5.75 Å². The molecule has 0 aliphatic carbocycles. The van der Waals surface area contributed by atoms with Crippen LogP contribution in [0.3, 0.4) is 0 Å². The van der Waals surface area contributed by atoms with Gasteiger partial charge in [0.05, 0.1) is 11.3 Å². The number of hydrogen-bond donors (Lipinski definition) is 1. The van der Waals surface area contributed by atoms with Crippen molar-refractivity contribution in [3.05, 3.63) is 64.9 Å². The summed E-state index contributed by atoms with van der Waals surface area (Å²) in [6.45, 7) is 0.577. The first-order valence-corrected chi connectivity index (χ1v) is 9.74. The van der Waals surface area contributed by atoms with Crippen LogP contribution in [0.4, 0.5) is 5.82 Å². The molecule has 3 aromatic rings. The van der Waals surface area contributed by atoms with Gasteiger partial charge in [-0.25, -0.2) is 18.4 Å². The van der Waals surface area contributed by atoms with Gasteiger partial charge in [0, 0.05) is 23.2 Å². The van der Waals surface area contributed by atoms with Crippen LogP contribution in [-0.2, 0) is 22.1 Å². The Morgan fingerprint density at radius 2 is 1.75 bits per heavy atom. The lowest BCUT2D eigenvalue weighted by molar-refractivity contribution is 0.601. The van der Waals surface area contributed by atoms with Crippen molar-refractivity contribution in [2.45, 2.75) is 12.3 Å². The summed E-state index contributed by atoms with van der Waals surface area (Å²) in [6, 6.07) is 13.0. The molecule has 0 radical (unpaired) electrons. The van der Waals surface area contributed by atoms with Gasteiger partial charge in [0.1, 0.15) is 12.1 Å². The second-order valence-electron chi connectivity index (χ2n) is 5.62. The molecule has 124 valence electrons. The number of nitrogens with one attached hydrogen (secondary N) is 1. The highest BCUT2D eigenvalue weighted by Crippen LogP contribution is 2.23. The van der Waals surface area contributed by atoms with Crippen molar-refractivity contribution in [1.82, 2.24) is 9.97 Å². The topological polar surface area (TPSA) is 72.0 Å². The standard InChI is InChI=1S/C17H16ClN3O2S/c1-24(22,23)10-13-4-2-12(3-5-13)9-19-17-15-7-6-14(18)8-16(15)20-11-21-17/h2-8,11H,9-10H2,1H3,(H,19,20,21). The van der Waals surface area contributed by atoms with Gasteiger partial charge in [-0.2, -0.15) is 0 Å². The number of anilines is 1. The van der Waals surface area contributed by atoms with Crippen LogP contribution in [-0.4, -0.2) is 24.6 Å². The Bertz CT molecular complexity index is 973. The molecule has 1 heterocycles. The summed E-state index contributed by atoms with van der Waals surface area (Å²) in [6.07, 6.45) is 2.73. The van der Waals surface area contributed by atoms with E-state index < -0.39 is 9.84 Å². The van der Waals surface area contributed by atoms with Crippen molar-refractivity contribution in [1.29, 1.82) is 0 Å². The average molecular weight is 362 g/mol. The second-order valence-corrected chi connectivity index (χ2v) is 8.20. The third kappa shape index (κ3) is 4.21. The van der Waals surface area contributed by atoms with Crippen LogP contribution in [0.1, 0.15) is 11.1 Å². The predicted molar refractivity (Wildman–Crippen MR) is 96.9 cm³/mol. The highest BCUT2D eigenvalue weighted by Gasteiger charge is 2.06. The molecule has 0 spiro atoms. The van der Waals surface area contributed by atoms with Crippen molar-refractivity contribution >= 4 is 38.2 Å². The summed E-state index contributed by atoms with van der Waals surface area (Å²) in [5.74, 6) is 0.787. The maximum atomic E-state index is 11.3. The normalized spacial score (nSPS) is 11.6. The largest absolute Gasteiger partial charge is 0.365 e. The van der Waals surface area contributed by atoms with Crippen molar-refractivity contribution < 1.29 is 8.42 Å². The maximum Gasteiger partial charge on any atom is 0.151 e. The van der Waals surface area contributed by atoms with Gasteiger partial charge >= 0.3 is 0 Å². The van der Waals surface area contributed by atoms with E-state index in [1.165, 1.54) is 12.6 Å². The number of fused-ring (bicyclic) bond motifs is 1. The second kappa shape index (κ2) is 6.75. The SMILES string of the molecule is CS(=O)(=O)Cc1ccc(CNc2ncnc3cc(Cl)ccc23)cc1. The number of sulfone groups is 1. The summed E-state index contributed by atoms with van der Waals surface area (Å²) in [4.78, 5) is 8.48. The number of hydrogen-bond acceptors (Lipinski definition) is 5. The van der Waals surface area contributed by atoms with Gasteiger partial charge in [0.15, 0.2) is 9.84 Å². The summed E-state index contributed by atoms with van der Waals surface area (Å²) >= 11 is 5.98. The van der Waals surface area contributed by atoms with E-state index in [0.717, 1.165) is 27.8 Å². The van der Waals surface area contributed by atoms with Crippen LogP contribution in [0.5, 0.6) is 0 Å². The first-order valence-electron chi connectivity index (χ1n) is 7.30. The zero-order valence-corrected chi connectivity index (χ0v) is 14.6. The fraction of sp³-hybridized carbons (Fsp3) is 0.176. The summed E-state index contributed by atoms with van der Waals surface area (Å²) in [5.41, 5.74) is 2.60. The zero-order valence-electron chi connectivity index (χ0n) is 13.0. The quantitative estimate of drug-likeness (QED) is 0.753. The Balaban J connectivity index is 1.74. The molecule has 0 fully saturated rings. The average Bonchev–Trinajstić information content (AvgIpc) is 2.52. The van der Waals surface area contributed by atoms with Crippen molar-refractivity contribution in [3.63, 3.8) is 0 Å². The van der Waals surface area contributed by atoms with Gasteiger partial charge in [-0.05, 0) is 29.3 Å². The minimum absolute atomic E-state index is 0.0536. The van der Waals surface area contributed by atoms with Crippen LogP contribution in [0, 0.1) is 0 Å². The lowest BCUT2D eigenvalue weighted by Gasteiger charge is -2.09. The van der Waals surface area contributed by atoms with E-state index in [1.807, 2.05) is 30.3 Å². The molecule has 0 amide bonds. The van der Waals surface area contributed by atoms with Crippen LogP contribution >= 0.6 is 11.6 Å². The number of halogens is 1. The van der Waals surface area contributed by atoms with E-state index in [1.54, 1.807) is 12.1 Å². The molecular weight excluding hydrogens is 346 g/mol. The van der Waals surface area contributed by atoms with Gasteiger partial charge in [0.25, 0.3) is 0 Å². The Morgan fingerprint density at radius 1 is 1.04 bits per heavy atom. The highest BCUT2D eigenvalue weighted by molar-refractivity contribution is 7.89. The molecule has 1 aromatic heterocycles. The first kappa shape index (κ1) is 16.7. The minimum atomic E-state index is -3.02. The molecule has 1 N–H and O–H groups in total. The van der Waals surface area contributed by atoms with Crippen LogP contribution in [0.25, 0.3) is 10.9 Å². The Hall–Kier alpha value is -2.18. The number of nitrogens with zero attached hydrogens (tertiary/aromatic N) is 2. The Labute approximate surface area is 145 Å². The highest BCUT2D eigenvalue weighted by atomic mass is 35.5. The third-order valence-corrected chi connectivity index (χ3v) is 4.60. The Morgan fingerprint density at radius 3 is 2.46 bits per heavy atom.